The Balaban J connectivity index is 2.18. The van der Waals surface area contributed by atoms with Crippen LogP contribution in [0.3, 0.4) is 0 Å². The van der Waals surface area contributed by atoms with Gasteiger partial charge in [-0.3, -0.25) is 4.79 Å². The molecule has 134 valence electrons. The third kappa shape index (κ3) is 4.51. The van der Waals surface area contributed by atoms with Crippen molar-refractivity contribution in [3.63, 3.8) is 0 Å². The maximum Gasteiger partial charge on any atom is 0.321 e. The van der Waals surface area contributed by atoms with Crippen LogP contribution < -0.4 is 5.32 Å². The van der Waals surface area contributed by atoms with Gasteiger partial charge in [-0.05, 0) is 24.6 Å². The number of rotatable bonds is 6. The number of halogens is 1. The quantitative estimate of drug-likeness (QED) is 0.823. The fraction of sp³-hybridized carbons (Fsp3) is 0.353. The Morgan fingerprint density at radius 3 is 2.76 bits per heavy atom. The summed E-state index contributed by atoms with van der Waals surface area (Å²) >= 11 is 6.03. The van der Waals surface area contributed by atoms with Crippen molar-refractivity contribution >= 4 is 29.3 Å². The van der Waals surface area contributed by atoms with Crippen molar-refractivity contribution in [1.82, 2.24) is 14.7 Å². The molecule has 0 aliphatic rings. The minimum Gasteiger partial charge on any atom is -0.481 e. The smallest absolute Gasteiger partial charge is 0.321 e. The Morgan fingerprint density at radius 2 is 2.16 bits per heavy atom. The Hall–Kier alpha value is -2.54. The van der Waals surface area contributed by atoms with E-state index < -0.39 is 11.9 Å². The first kappa shape index (κ1) is 18.8. The predicted molar refractivity (Wildman–Crippen MR) is 96.4 cm³/mol. The molecular weight excluding hydrogens is 344 g/mol. The van der Waals surface area contributed by atoms with E-state index in [-0.39, 0.29) is 12.6 Å². The van der Waals surface area contributed by atoms with Crippen molar-refractivity contribution < 1.29 is 14.7 Å². The summed E-state index contributed by atoms with van der Waals surface area (Å²) in [5.74, 6) is -1.58. The molecule has 2 rings (SSSR count). The maximum atomic E-state index is 12.3. The summed E-state index contributed by atoms with van der Waals surface area (Å²) in [6.07, 6.45) is 2.23. The van der Waals surface area contributed by atoms with Gasteiger partial charge in [-0.1, -0.05) is 31.5 Å². The lowest BCUT2D eigenvalue weighted by molar-refractivity contribution is -0.141. The second kappa shape index (κ2) is 8.02. The zero-order valence-electron chi connectivity index (χ0n) is 14.4. The molecule has 1 atom stereocenters. The number of nitrogens with one attached hydrogen (secondary N) is 1. The molecule has 2 aromatic rings. The van der Waals surface area contributed by atoms with Gasteiger partial charge in [-0.25, -0.2) is 9.48 Å². The van der Waals surface area contributed by atoms with Crippen LogP contribution >= 0.6 is 11.6 Å². The molecule has 0 saturated carbocycles. The molecule has 8 heteroatoms. The number of carbonyl (C=O) groups is 2. The van der Waals surface area contributed by atoms with Crippen LogP contribution in [-0.2, 0) is 11.2 Å². The molecule has 0 aliphatic heterocycles. The van der Waals surface area contributed by atoms with Gasteiger partial charge in [0.1, 0.15) is 0 Å². The van der Waals surface area contributed by atoms with Crippen molar-refractivity contribution in [1.29, 1.82) is 0 Å². The Bertz CT molecular complexity index is 775. The molecule has 0 fully saturated rings. The van der Waals surface area contributed by atoms with Gasteiger partial charge in [-0.15, -0.1) is 0 Å². The summed E-state index contributed by atoms with van der Waals surface area (Å²) in [7, 11) is 1.56. The predicted octanol–water partition coefficient (Wildman–Crippen LogP) is 3.27. The third-order valence-corrected chi connectivity index (χ3v) is 4.05. The van der Waals surface area contributed by atoms with Crippen LogP contribution in [0.15, 0.2) is 30.5 Å². The van der Waals surface area contributed by atoms with Gasteiger partial charge in [-0.2, -0.15) is 5.10 Å². The number of urea groups is 1. The second-order valence-electron chi connectivity index (χ2n) is 5.80. The molecule has 0 radical (unpaired) electrons. The van der Waals surface area contributed by atoms with Crippen LogP contribution in [0.5, 0.6) is 0 Å². The highest BCUT2D eigenvalue weighted by Crippen LogP contribution is 2.22. The molecular formula is C17H21ClN4O3. The van der Waals surface area contributed by atoms with E-state index in [1.807, 2.05) is 19.1 Å². The van der Waals surface area contributed by atoms with Crippen molar-refractivity contribution in [2.24, 2.45) is 5.92 Å². The zero-order valence-corrected chi connectivity index (χ0v) is 15.1. The van der Waals surface area contributed by atoms with Gasteiger partial charge >= 0.3 is 12.0 Å². The van der Waals surface area contributed by atoms with Gasteiger partial charge in [0.05, 0.1) is 29.2 Å². The lowest BCUT2D eigenvalue weighted by Gasteiger charge is -2.20. The average Bonchev–Trinajstić information content (AvgIpc) is 2.97. The molecule has 0 aliphatic carbocycles. The minimum atomic E-state index is -0.942. The van der Waals surface area contributed by atoms with E-state index >= 15 is 0 Å². The molecule has 0 bridgehead atoms. The van der Waals surface area contributed by atoms with Crippen molar-refractivity contribution in [2.45, 2.75) is 20.3 Å². The van der Waals surface area contributed by atoms with E-state index in [0.29, 0.717) is 17.1 Å². The number of carboxylic acids is 1. The summed E-state index contributed by atoms with van der Waals surface area (Å²) in [6, 6.07) is 6.90. The van der Waals surface area contributed by atoms with Crippen molar-refractivity contribution in [3.05, 3.63) is 41.2 Å². The molecule has 25 heavy (non-hydrogen) atoms. The summed E-state index contributed by atoms with van der Waals surface area (Å²) < 4.78 is 1.72. The molecule has 2 amide bonds. The number of hydrogen-bond donors (Lipinski definition) is 2. The SMILES string of the molecule is CCc1c(NC(=O)N(C)CC(C)C(=O)O)cnn1-c1cccc(Cl)c1. The Morgan fingerprint density at radius 1 is 1.44 bits per heavy atom. The van der Waals surface area contributed by atoms with Crippen molar-refractivity contribution in [2.75, 3.05) is 18.9 Å². The van der Waals surface area contributed by atoms with E-state index in [1.54, 1.807) is 37.0 Å². The zero-order chi connectivity index (χ0) is 18.6. The maximum absolute atomic E-state index is 12.3. The van der Waals surface area contributed by atoms with Crippen LogP contribution in [-0.4, -0.2) is 45.4 Å². The third-order valence-electron chi connectivity index (χ3n) is 3.81. The van der Waals surface area contributed by atoms with E-state index in [4.69, 9.17) is 16.7 Å². The van der Waals surface area contributed by atoms with Gasteiger partial charge in [0.25, 0.3) is 0 Å². The van der Waals surface area contributed by atoms with E-state index in [1.165, 1.54) is 4.90 Å². The van der Waals surface area contributed by atoms with Crippen LogP contribution in [0.1, 0.15) is 19.5 Å². The number of carbonyl (C=O) groups excluding carboxylic acids is 1. The molecule has 2 N–H and O–H groups in total. The van der Waals surface area contributed by atoms with E-state index in [0.717, 1.165) is 11.4 Å². The molecule has 1 heterocycles. The molecule has 1 aromatic carbocycles. The summed E-state index contributed by atoms with van der Waals surface area (Å²) in [6.45, 7) is 3.63. The highest BCUT2D eigenvalue weighted by molar-refractivity contribution is 6.30. The van der Waals surface area contributed by atoms with Gasteiger partial charge in [0.15, 0.2) is 0 Å². The topological polar surface area (TPSA) is 87.5 Å². The lowest BCUT2D eigenvalue weighted by atomic mass is 10.2. The number of aromatic nitrogens is 2. The second-order valence-corrected chi connectivity index (χ2v) is 6.24. The molecule has 1 aromatic heterocycles. The fourth-order valence-electron chi connectivity index (χ4n) is 2.43. The van der Waals surface area contributed by atoms with Crippen molar-refractivity contribution in [3.8, 4) is 5.69 Å². The monoisotopic (exact) mass is 364 g/mol. The van der Waals surface area contributed by atoms with Crippen LogP contribution in [0.4, 0.5) is 10.5 Å². The van der Waals surface area contributed by atoms with Gasteiger partial charge in [0, 0.05) is 18.6 Å². The lowest BCUT2D eigenvalue weighted by Crippen LogP contribution is -2.36. The van der Waals surface area contributed by atoms with Crippen LogP contribution in [0.25, 0.3) is 5.69 Å². The van der Waals surface area contributed by atoms with E-state index in [2.05, 4.69) is 10.4 Å². The average molecular weight is 365 g/mol. The molecule has 7 nitrogen and oxygen atoms in total. The highest BCUT2D eigenvalue weighted by atomic mass is 35.5. The number of hydrogen-bond acceptors (Lipinski definition) is 3. The normalized spacial score (nSPS) is 11.8. The van der Waals surface area contributed by atoms with Crippen LogP contribution in [0.2, 0.25) is 5.02 Å². The van der Waals surface area contributed by atoms with Gasteiger partial charge < -0.3 is 15.3 Å². The first-order valence-corrected chi connectivity index (χ1v) is 8.29. The summed E-state index contributed by atoms with van der Waals surface area (Å²) in [5.41, 5.74) is 2.22. The van der Waals surface area contributed by atoms with Crippen LogP contribution in [0, 0.1) is 5.92 Å². The standard InChI is InChI=1S/C17H21ClN4O3/c1-4-15-14(20-17(25)21(3)10-11(2)16(23)24)9-19-22(15)13-7-5-6-12(18)8-13/h5-9,11H,4,10H2,1-3H3,(H,20,25)(H,23,24). The fourth-order valence-corrected chi connectivity index (χ4v) is 2.62. The molecule has 0 saturated heterocycles. The summed E-state index contributed by atoms with van der Waals surface area (Å²) in [4.78, 5) is 24.6. The van der Waals surface area contributed by atoms with E-state index in [9.17, 15) is 9.59 Å². The Kier molecular flexibility index (Phi) is 6.03. The number of nitrogens with zero attached hydrogens (tertiary/aromatic N) is 3. The number of carboxylic acid groups (broad SMARTS) is 1. The number of aliphatic carboxylic acids is 1. The largest absolute Gasteiger partial charge is 0.481 e. The number of anilines is 1. The minimum absolute atomic E-state index is 0.116. The Labute approximate surface area is 151 Å². The molecule has 1 unspecified atom stereocenters. The first-order valence-electron chi connectivity index (χ1n) is 7.91. The molecule has 0 spiro atoms. The first-order chi connectivity index (χ1) is 11.8. The number of benzene rings is 1. The number of amides is 2. The van der Waals surface area contributed by atoms with Gasteiger partial charge in [0.2, 0.25) is 0 Å². The summed E-state index contributed by atoms with van der Waals surface area (Å²) in [5, 5.41) is 16.7. The highest BCUT2D eigenvalue weighted by Gasteiger charge is 2.19.